The third-order valence-electron chi connectivity index (χ3n) is 6.15. The Morgan fingerprint density at radius 1 is 1.03 bits per heavy atom. The first-order valence-corrected chi connectivity index (χ1v) is 10.7. The topological polar surface area (TPSA) is 82.8 Å². The zero-order valence-corrected chi connectivity index (χ0v) is 17.9. The lowest BCUT2D eigenvalue weighted by Gasteiger charge is -2.38. The van der Waals surface area contributed by atoms with Crippen molar-refractivity contribution in [2.75, 3.05) is 13.1 Å². The number of carboxylic acid groups (broad SMARTS) is 2. The van der Waals surface area contributed by atoms with E-state index in [-0.39, 0.29) is 5.56 Å². The molecule has 6 nitrogen and oxygen atoms in total. The van der Waals surface area contributed by atoms with Gasteiger partial charge in [-0.25, -0.2) is 4.79 Å². The van der Waals surface area contributed by atoms with E-state index in [0.717, 1.165) is 41.5 Å². The van der Waals surface area contributed by atoms with Crippen molar-refractivity contribution in [3.05, 3.63) is 71.4 Å². The normalized spacial score (nSPS) is 20.6. The van der Waals surface area contributed by atoms with E-state index in [0.29, 0.717) is 18.4 Å². The van der Waals surface area contributed by atoms with E-state index in [4.69, 9.17) is 0 Å². The molecule has 1 saturated heterocycles. The Morgan fingerprint density at radius 2 is 1.71 bits per heavy atom. The number of fused-ring (bicyclic) bond motifs is 1. The van der Waals surface area contributed by atoms with Crippen LogP contribution in [0.1, 0.15) is 47.8 Å². The molecule has 0 saturated carbocycles. The zero-order valence-electron chi connectivity index (χ0n) is 17.9. The summed E-state index contributed by atoms with van der Waals surface area (Å²) in [5.41, 5.74) is 2.72. The molecule has 0 spiro atoms. The van der Waals surface area contributed by atoms with Gasteiger partial charge in [0.05, 0.1) is 5.56 Å². The van der Waals surface area contributed by atoms with Crippen molar-refractivity contribution in [3.8, 4) is 0 Å². The van der Waals surface area contributed by atoms with Gasteiger partial charge in [0.2, 0.25) is 0 Å². The first-order chi connectivity index (χ1) is 14.8. The second-order valence-corrected chi connectivity index (χ2v) is 8.88. The van der Waals surface area contributed by atoms with Crippen molar-refractivity contribution in [2.45, 2.75) is 32.9 Å². The Kier molecular flexibility index (Phi) is 5.83. The van der Waals surface area contributed by atoms with Crippen LogP contribution in [0.5, 0.6) is 0 Å². The van der Waals surface area contributed by atoms with Crippen LogP contribution in [-0.4, -0.2) is 44.7 Å². The lowest BCUT2D eigenvalue weighted by atomic mass is 9.89. The number of carboxylic acids is 2. The number of hydrogen-bond acceptors (Lipinski definition) is 3. The quantitative estimate of drug-likeness (QED) is 0.614. The van der Waals surface area contributed by atoms with Gasteiger partial charge in [-0.05, 0) is 36.0 Å². The lowest BCUT2D eigenvalue weighted by molar-refractivity contribution is -0.144. The zero-order chi connectivity index (χ0) is 22.1. The number of carbonyl (C=O) groups is 2. The summed E-state index contributed by atoms with van der Waals surface area (Å²) in [5, 5.41) is 20.5. The van der Waals surface area contributed by atoms with E-state index in [2.05, 4.69) is 18.7 Å². The largest absolute Gasteiger partial charge is 0.480 e. The summed E-state index contributed by atoms with van der Waals surface area (Å²) in [7, 11) is 0. The van der Waals surface area contributed by atoms with Crippen molar-refractivity contribution in [3.63, 3.8) is 0 Å². The van der Waals surface area contributed by atoms with Gasteiger partial charge in [-0.2, -0.15) is 0 Å². The fourth-order valence-corrected chi connectivity index (χ4v) is 4.99. The first-order valence-electron chi connectivity index (χ1n) is 10.7. The Hall–Kier alpha value is -3.12. The number of aromatic carboxylic acids is 1. The molecule has 6 heteroatoms. The minimum absolute atomic E-state index is 0.193. The van der Waals surface area contributed by atoms with Crippen LogP contribution < -0.4 is 0 Å². The summed E-state index contributed by atoms with van der Waals surface area (Å²) in [5.74, 6) is -1.00. The second kappa shape index (κ2) is 8.55. The third kappa shape index (κ3) is 4.35. The SMILES string of the molecule is C[C@@H]1C[C@H](C)CN([C@@H](C(=O)O)c2cn(Cc3ccccc3)c3cc(C(=O)O)ccc23)C1. The number of hydrogen-bond donors (Lipinski definition) is 2. The molecule has 2 heterocycles. The van der Waals surface area contributed by atoms with Gasteiger partial charge in [-0.15, -0.1) is 0 Å². The lowest BCUT2D eigenvalue weighted by Crippen LogP contribution is -2.43. The molecule has 0 bridgehead atoms. The third-order valence-corrected chi connectivity index (χ3v) is 6.15. The van der Waals surface area contributed by atoms with Gasteiger partial charge in [-0.3, -0.25) is 9.69 Å². The van der Waals surface area contributed by atoms with Crippen LogP contribution >= 0.6 is 0 Å². The average molecular weight is 421 g/mol. The van der Waals surface area contributed by atoms with E-state index < -0.39 is 18.0 Å². The Balaban J connectivity index is 1.84. The highest BCUT2D eigenvalue weighted by molar-refractivity contribution is 5.96. The summed E-state index contributed by atoms with van der Waals surface area (Å²) < 4.78 is 1.97. The molecule has 0 aliphatic carbocycles. The summed E-state index contributed by atoms with van der Waals surface area (Å²) in [6.07, 6.45) is 2.99. The molecule has 3 aromatic rings. The molecule has 31 heavy (non-hydrogen) atoms. The minimum atomic E-state index is -0.996. The van der Waals surface area contributed by atoms with E-state index >= 15 is 0 Å². The number of piperidine rings is 1. The number of aromatic nitrogens is 1. The fraction of sp³-hybridized carbons (Fsp3) is 0.360. The van der Waals surface area contributed by atoms with E-state index in [1.54, 1.807) is 18.2 Å². The molecule has 0 radical (unpaired) electrons. The monoisotopic (exact) mass is 420 g/mol. The van der Waals surface area contributed by atoms with Crippen molar-refractivity contribution >= 4 is 22.8 Å². The highest BCUT2D eigenvalue weighted by Crippen LogP contribution is 2.35. The highest BCUT2D eigenvalue weighted by Gasteiger charge is 2.34. The number of nitrogens with zero attached hydrogens (tertiary/aromatic N) is 2. The molecule has 2 aromatic carbocycles. The molecule has 0 unspecified atom stereocenters. The minimum Gasteiger partial charge on any atom is -0.480 e. The van der Waals surface area contributed by atoms with Crippen LogP contribution in [0.25, 0.3) is 10.9 Å². The molecular weight excluding hydrogens is 392 g/mol. The molecule has 1 aliphatic rings. The molecule has 0 amide bonds. The summed E-state index contributed by atoms with van der Waals surface area (Å²) in [4.78, 5) is 26.1. The van der Waals surface area contributed by atoms with Gasteiger partial charge < -0.3 is 14.8 Å². The number of likely N-dealkylation sites (tertiary alicyclic amines) is 1. The maximum absolute atomic E-state index is 12.5. The summed E-state index contributed by atoms with van der Waals surface area (Å²) in [6, 6.07) is 14.1. The Morgan fingerprint density at radius 3 is 2.32 bits per heavy atom. The van der Waals surface area contributed by atoms with Gasteiger partial charge in [0.15, 0.2) is 0 Å². The first kappa shape index (κ1) is 21.1. The Bertz CT molecular complexity index is 1100. The second-order valence-electron chi connectivity index (χ2n) is 8.88. The number of benzene rings is 2. The molecule has 2 N–H and O–H groups in total. The highest BCUT2D eigenvalue weighted by atomic mass is 16.4. The van der Waals surface area contributed by atoms with Crippen LogP contribution in [0.3, 0.4) is 0 Å². The predicted molar refractivity (Wildman–Crippen MR) is 119 cm³/mol. The molecule has 3 atom stereocenters. The summed E-state index contributed by atoms with van der Waals surface area (Å²) >= 11 is 0. The van der Waals surface area contributed by atoms with E-state index in [1.165, 1.54) is 0 Å². The maximum atomic E-state index is 12.5. The van der Waals surface area contributed by atoms with Crippen molar-refractivity contribution < 1.29 is 19.8 Å². The Labute approximate surface area is 181 Å². The fourth-order valence-electron chi connectivity index (χ4n) is 4.99. The molecule has 1 aromatic heterocycles. The van der Waals surface area contributed by atoms with Crippen LogP contribution in [0.2, 0.25) is 0 Å². The standard InChI is InChI=1S/C25H28N2O4/c1-16-10-17(2)13-27(12-16)23(25(30)31)21-15-26(14-18-6-4-3-5-7-18)22-11-19(24(28)29)8-9-20(21)22/h3-9,11,15-17,23H,10,12-14H2,1-2H3,(H,28,29)(H,30,31)/t16-,17+,23-/m1/s1. The van der Waals surface area contributed by atoms with Crippen LogP contribution in [0.4, 0.5) is 0 Å². The molecule has 4 rings (SSSR count). The van der Waals surface area contributed by atoms with Crippen LogP contribution in [-0.2, 0) is 11.3 Å². The van der Waals surface area contributed by atoms with Crippen molar-refractivity contribution in [1.29, 1.82) is 0 Å². The predicted octanol–water partition coefficient (Wildman–Crippen LogP) is 4.49. The average Bonchev–Trinajstić information content (AvgIpc) is 3.05. The molecule has 162 valence electrons. The van der Waals surface area contributed by atoms with Gasteiger partial charge >= 0.3 is 11.9 Å². The molecular formula is C25H28N2O4. The smallest absolute Gasteiger partial charge is 0.335 e. The summed E-state index contributed by atoms with van der Waals surface area (Å²) in [6.45, 7) is 6.35. The number of aliphatic carboxylic acids is 1. The van der Waals surface area contributed by atoms with Gasteiger partial charge in [0.25, 0.3) is 0 Å². The molecule has 1 aliphatic heterocycles. The van der Waals surface area contributed by atoms with Gasteiger partial charge in [-0.1, -0.05) is 50.2 Å². The molecule has 1 fully saturated rings. The van der Waals surface area contributed by atoms with E-state index in [9.17, 15) is 19.8 Å². The van der Waals surface area contributed by atoms with Gasteiger partial charge in [0, 0.05) is 42.3 Å². The van der Waals surface area contributed by atoms with Crippen molar-refractivity contribution in [1.82, 2.24) is 9.47 Å². The van der Waals surface area contributed by atoms with E-state index in [1.807, 2.05) is 41.1 Å². The number of rotatable bonds is 6. The maximum Gasteiger partial charge on any atom is 0.335 e. The van der Waals surface area contributed by atoms with Crippen LogP contribution in [0.15, 0.2) is 54.7 Å². The van der Waals surface area contributed by atoms with Crippen LogP contribution in [0, 0.1) is 11.8 Å². The van der Waals surface area contributed by atoms with Crippen molar-refractivity contribution in [2.24, 2.45) is 11.8 Å². The van der Waals surface area contributed by atoms with Gasteiger partial charge in [0.1, 0.15) is 6.04 Å².